The van der Waals surface area contributed by atoms with Gasteiger partial charge in [0.15, 0.2) is 0 Å². The molecule has 0 bridgehead atoms. The fourth-order valence-electron chi connectivity index (χ4n) is 2.72. The Labute approximate surface area is 122 Å². The maximum Gasteiger partial charge on any atom is 0.0510 e. The normalized spacial score (nSPS) is 13.1. The number of fused-ring (bicyclic) bond motifs is 4. The first-order valence-corrected chi connectivity index (χ1v) is 8.63. The van der Waals surface area contributed by atoms with Crippen molar-refractivity contribution in [2.45, 2.75) is 9.79 Å². The van der Waals surface area contributed by atoms with Crippen LogP contribution in [0.15, 0.2) is 57.6 Å². The van der Waals surface area contributed by atoms with Crippen molar-refractivity contribution in [1.82, 2.24) is 0 Å². The Morgan fingerprint density at radius 3 is 2.74 bits per heavy atom. The molecule has 0 saturated heterocycles. The summed E-state index contributed by atoms with van der Waals surface area (Å²) in [7, 11) is 0. The van der Waals surface area contributed by atoms with Crippen LogP contribution >= 0.6 is 34.4 Å². The number of rotatable bonds is 0. The third-order valence-corrected chi connectivity index (χ3v) is 7.04. The van der Waals surface area contributed by atoms with Gasteiger partial charge in [-0.1, -0.05) is 36.0 Å². The van der Waals surface area contributed by atoms with Crippen LogP contribution in [-0.2, 0) is 0 Å². The van der Waals surface area contributed by atoms with Crippen molar-refractivity contribution < 1.29 is 0 Å². The van der Waals surface area contributed by atoms with Crippen LogP contribution in [0.1, 0.15) is 0 Å². The van der Waals surface area contributed by atoms with Crippen LogP contribution in [0.4, 0.5) is 0 Å². The molecule has 19 heavy (non-hydrogen) atoms. The Morgan fingerprint density at radius 1 is 0.842 bits per heavy atom. The van der Waals surface area contributed by atoms with E-state index in [4.69, 9.17) is 0 Å². The molecular formula is C16H8S3. The van der Waals surface area contributed by atoms with Crippen LogP contribution in [-0.4, -0.2) is 0 Å². The van der Waals surface area contributed by atoms with E-state index in [2.05, 4.69) is 47.8 Å². The quantitative estimate of drug-likeness (QED) is 0.325. The summed E-state index contributed by atoms with van der Waals surface area (Å²) in [6.07, 6.45) is 0. The van der Waals surface area contributed by atoms with Gasteiger partial charge in [-0.25, -0.2) is 0 Å². The lowest BCUT2D eigenvalue weighted by molar-refractivity contribution is 1.50. The van der Waals surface area contributed by atoms with Gasteiger partial charge < -0.3 is 0 Å². The Kier molecular flexibility index (Phi) is 2.00. The predicted octanol–water partition coefficient (Wildman–Crippen LogP) is 6.25. The molecule has 2 aromatic heterocycles. The molecule has 4 aromatic rings. The second-order valence-corrected chi connectivity index (χ2v) is 7.65. The highest BCUT2D eigenvalue weighted by Crippen LogP contribution is 2.55. The van der Waals surface area contributed by atoms with E-state index in [-0.39, 0.29) is 0 Å². The molecule has 5 rings (SSSR count). The lowest BCUT2D eigenvalue weighted by Crippen LogP contribution is -1.84. The average Bonchev–Trinajstić information content (AvgIpc) is 3.02. The molecule has 90 valence electrons. The van der Waals surface area contributed by atoms with Gasteiger partial charge in [0.2, 0.25) is 0 Å². The molecule has 0 spiro atoms. The van der Waals surface area contributed by atoms with Crippen LogP contribution in [0.25, 0.3) is 30.6 Å². The van der Waals surface area contributed by atoms with Gasteiger partial charge in [-0.15, -0.1) is 22.7 Å². The van der Waals surface area contributed by atoms with Gasteiger partial charge in [0, 0.05) is 40.9 Å². The molecule has 2 aromatic carbocycles. The smallest absolute Gasteiger partial charge is 0.0510 e. The molecule has 1 aliphatic heterocycles. The molecule has 0 unspecified atom stereocenters. The van der Waals surface area contributed by atoms with E-state index in [1.54, 1.807) is 0 Å². The molecule has 1 aliphatic rings. The summed E-state index contributed by atoms with van der Waals surface area (Å²) >= 11 is 5.72. The molecule has 0 atom stereocenters. The van der Waals surface area contributed by atoms with Gasteiger partial charge in [-0.3, -0.25) is 0 Å². The molecule has 0 fully saturated rings. The molecule has 0 saturated carbocycles. The van der Waals surface area contributed by atoms with Gasteiger partial charge in [0.05, 0.1) is 4.88 Å². The zero-order chi connectivity index (χ0) is 12.4. The van der Waals surface area contributed by atoms with Crippen LogP contribution in [0, 0.1) is 0 Å². The van der Waals surface area contributed by atoms with Crippen molar-refractivity contribution in [3.05, 3.63) is 47.8 Å². The summed E-state index contributed by atoms with van der Waals surface area (Å²) in [5.41, 5.74) is 1.44. The molecule has 3 heterocycles. The lowest BCUT2D eigenvalue weighted by Gasteiger charge is -2.12. The minimum atomic E-state index is 1.40. The number of hydrogen-bond acceptors (Lipinski definition) is 3. The van der Waals surface area contributed by atoms with Gasteiger partial charge in [-0.05, 0) is 18.2 Å². The average molecular weight is 296 g/mol. The number of hydrogen-bond donors (Lipinski definition) is 0. The highest BCUT2D eigenvalue weighted by Gasteiger charge is 2.24. The van der Waals surface area contributed by atoms with E-state index in [0.29, 0.717) is 0 Å². The maximum absolute atomic E-state index is 2.32. The summed E-state index contributed by atoms with van der Waals surface area (Å²) in [6, 6.07) is 15.4. The van der Waals surface area contributed by atoms with Gasteiger partial charge in [0.1, 0.15) is 0 Å². The summed E-state index contributed by atoms with van der Waals surface area (Å²) in [4.78, 5) is 4.31. The summed E-state index contributed by atoms with van der Waals surface area (Å²) < 4.78 is 2.80. The van der Waals surface area contributed by atoms with Gasteiger partial charge in [0.25, 0.3) is 0 Å². The molecule has 0 aliphatic carbocycles. The Morgan fingerprint density at radius 2 is 1.74 bits per heavy atom. The van der Waals surface area contributed by atoms with Gasteiger partial charge >= 0.3 is 0 Å². The monoisotopic (exact) mass is 296 g/mol. The minimum Gasteiger partial charge on any atom is -0.143 e. The first-order valence-electron chi connectivity index (χ1n) is 6.12. The first kappa shape index (κ1) is 10.5. The predicted molar refractivity (Wildman–Crippen MR) is 86.8 cm³/mol. The Hall–Kier alpha value is -1.29. The van der Waals surface area contributed by atoms with Crippen LogP contribution in [0.5, 0.6) is 0 Å². The van der Waals surface area contributed by atoms with E-state index in [9.17, 15) is 0 Å². The zero-order valence-corrected chi connectivity index (χ0v) is 12.3. The van der Waals surface area contributed by atoms with Crippen molar-refractivity contribution in [2.24, 2.45) is 0 Å². The standard InChI is InChI=1S/C16H8S3/c1-2-5-11-9(4-1)15-16(18-11)10-8-17-12-6-3-7-13(19-15)14(10)12/h1-8H. The largest absolute Gasteiger partial charge is 0.143 e. The SMILES string of the molecule is c1ccc2c3c(sc2c1)-c1csc2cccc(c12)S3. The Bertz CT molecular complexity index is 943. The molecule has 0 radical (unpaired) electrons. The van der Waals surface area contributed by atoms with Crippen LogP contribution in [0.2, 0.25) is 0 Å². The van der Waals surface area contributed by atoms with E-state index in [1.807, 2.05) is 34.4 Å². The first-order chi connectivity index (χ1) is 9.42. The molecule has 0 nitrogen and oxygen atoms in total. The van der Waals surface area contributed by atoms with Crippen molar-refractivity contribution in [3.63, 3.8) is 0 Å². The molecule has 3 heteroatoms. The van der Waals surface area contributed by atoms with Crippen molar-refractivity contribution in [2.75, 3.05) is 0 Å². The summed E-state index contributed by atoms with van der Waals surface area (Å²) in [5, 5.41) is 5.18. The van der Waals surface area contributed by atoms with E-state index < -0.39 is 0 Å². The summed E-state index contributed by atoms with van der Waals surface area (Å²) in [5.74, 6) is 0. The van der Waals surface area contributed by atoms with Crippen molar-refractivity contribution >= 4 is 54.6 Å². The number of thiophene rings is 2. The lowest BCUT2D eigenvalue weighted by atomic mass is 10.1. The fourth-order valence-corrected chi connectivity index (χ4v) is 6.45. The maximum atomic E-state index is 2.32. The third-order valence-electron chi connectivity index (χ3n) is 3.57. The molecular weight excluding hydrogens is 288 g/mol. The topological polar surface area (TPSA) is 0 Å². The Balaban J connectivity index is 1.99. The van der Waals surface area contributed by atoms with Crippen molar-refractivity contribution in [1.29, 1.82) is 0 Å². The molecule has 0 amide bonds. The number of benzene rings is 2. The minimum absolute atomic E-state index is 1.40. The third kappa shape index (κ3) is 1.30. The second kappa shape index (κ2) is 3.63. The van der Waals surface area contributed by atoms with E-state index >= 15 is 0 Å². The fraction of sp³-hybridized carbons (Fsp3) is 0. The van der Waals surface area contributed by atoms with Crippen LogP contribution in [0.3, 0.4) is 0 Å². The highest BCUT2D eigenvalue weighted by molar-refractivity contribution is 8.00. The summed E-state index contributed by atoms with van der Waals surface area (Å²) in [6.45, 7) is 0. The van der Waals surface area contributed by atoms with Crippen LogP contribution < -0.4 is 0 Å². The molecule has 0 N–H and O–H groups in total. The zero-order valence-electron chi connectivity index (χ0n) is 9.84. The van der Waals surface area contributed by atoms with E-state index in [0.717, 1.165) is 0 Å². The highest BCUT2D eigenvalue weighted by atomic mass is 32.2. The van der Waals surface area contributed by atoms with Crippen molar-refractivity contribution in [3.8, 4) is 10.4 Å². The van der Waals surface area contributed by atoms with E-state index in [1.165, 1.54) is 40.4 Å². The van der Waals surface area contributed by atoms with Gasteiger partial charge in [-0.2, -0.15) is 0 Å². The second-order valence-electron chi connectivity index (χ2n) is 4.64.